The summed E-state index contributed by atoms with van der Waals surface area (Å²) < 4.78 is 1.98. The van der Waals surface area contributed by atoms with Crippen molar-refractivity contribution in [2.24, 2.45) is 0 Å². The lowest BCUT2D eigenvalue weighted by atomic mass is 10.1. The fourth-order valence-electron chi connectivity index (χ4n) is 2.95. The van der Waals surface area contributed by atoms with Crippen molar-refractivity contribution in [2.45, 2.75) is 12.1 Å². The summed E-state index contributed by atoms with van der Waals surface area (Å²) in [5, 5.41) is 8.12. The number of aromatic nitrogens is 4. The van der Waals surface area contributed by atoms with Crippen molar-refractivity contribution in [2.75, 3.05) is 33.7 Å². The predicted octanol–water partition coefficient (Wildman–Crippen LogP) is 1.17. The monoisotopic (exact) mass is 298 g/mol. The van der Waals surface area contributed by atoms with Crippen LogP contribution in [0.1, 0.15) is 11.7 Å². The second-order valence-electron chi connectivity index (χ2n) is 5.86. The third kappa shape index (κ3) is 3.40. The van der Waals surface area contributed by atoms with Gasteiger partial charge in [-0.1, -0.05) is 17.4 Å². The van der Waals surface area contributed by atoms with E-state index in [0.717, 1.165) is 25.3 Å². The zero-order valence-corrected chi connectivity index (χ0v) is 13.1. The molecule has 0 aliphatic carbocycles. The maximum absolute atomic E-state index is 4.31. The molecule has 2 atom stereocenters. The highest BCUT2D eigenvalue weighted by Crippen LogP contribution is 2.24. The van der Waals surface area contributed by atoms with Gasteiger partial charge in [-0.05, 0) is 32.3 Å². The van der Waals surface area contributed by atoms with E-state index in [-0.39, 0.29) is 0 Å². The standard InChI is InChI=1S/C16H22N6/c1-20(2)15-12-21(13-16(15)22-11-9-18-19-22)10-5-7-14-6-3-4-8-17-14/h3-9,11,15-16H,10,12-13H2,1-2H3/b7-5+/t15-,16+/m1/s1. The van der Waals surface area contributed by atoms with E-state index in [9.17, 15) is 0 Å². The Kier molecular flexibility index (Phi) is 4.60. The Morgan fingerprint density at radius 1 is 1.27 bits per heavy atom. The summed E-state index contributed by atoms with van der Waals surface area (Å²) >= 11 is 0. The fourth-order valence-corrected chi connectivity index (χ4v) is 2.95. The van der Waals surface area contributed by atoms with Gasteiger partial charge >= 0.3 is 0 Å². The molecule has 0 amide bonds. The van der Waals surface area contributed by atoms with Crippen LogP contribution in [-0.4, -0.2) is 69.5 Å². The molecular formula is C16H22N6. The number of rotatable bonds is 5. The first kappa shape index (κ1) is 14.9. The van der Waals surface area contributed by atoms with Gasteiger partial charge in [0, 0.05) is 38.1 Å². The summed E-state index contributed by atoms with van der Waals surface area (Å²) in [5.41, 5.74) is 0.999. The molecule has 1 fully saturated rings. The Morgan fingerprint density at radius 3 is 2.86 bits per heavy atom. The molecule has 1 aliphatic rings. The molecular weight excluding hydrogens is 276 g/mol. The quantitative estimate of drug-likeness (QED) is 0.829. The summed E-state index contributed by atoms with van der Waals surface area (Å²) in [5.74, 6) is 0. The molecule has 6 nitrogen and oxygen atoms in total. The van der Waals surface area contributed by atoms with Crippen molar-refractivity contribution >= 4 is 6.08 Å². The average molecular weight is 298 g/mol. The lowest BCUT2D eigenvalue weighted by molar-refractivity contribution is 0.239. The molecule has 0 spiro atoms. The van der Waals surface area contributed by atoms with Crippen LogP contribution in [0.4, 0.5) is 0 Å². The van der Waals surface area contributed by atoms with Gasteiger partial charge in [-0.2, -0.15) is 0 Å². The molecule has 0 unspecified atom stereocenters. The van der Waals surface area contributed by atoms with Gasteiger partial charge in [-0.15, -0.1) is 5.10 Å². The first-order chi connectivity index (χ1) is 10.7. The van der Waals surface area contributed by atoms with Crippen LogP contribution in [-0.2, 0) is 0 Å². The second kappa shape index (κ2) is 6.81. The lowest BCUT2D eigenvalue weighted by Gasteiger charge is -2.24. The fraction of sp³-hybridized carbons (Fsp3) is 0.438. The maximum atomic E-state index is 4.31. The minimum atomic E-state index is 0.348. The highest BCUT2D eigenvalue weighted by atomic mass is 15.5. The van der Waals surface area contributed by atoms with Gasteiger partial charge in [0.15, 0.2) is 0 Å². The molecule has 2 aromatic heterocycles. The van der Waals surface area contributed by atoms with Crippen molar-refractivity contribution in [1.82, 2.24) is 29.8 Å². The SMILES string of the molecule is CN(C)[C@@H]1CN(C/C=C/c2ccccn2)C[C@@H]1n1ccnn1. The first-order valence-electron chi connectivity index (χ1n) is 7.56. The van der Waals surface area contributed by atoms with E-state index in [2.05, 4.69) is 51.3 Å². The Hall–Kier alpha value is -2.05. The number of pyridine rings is 1. The first-order valence-corrected chi connectivity index (χ1v) is 7.56. The number of hydrogen-bond donors (Lipinski definition) is 0. The van der Waals surface area contributed by atoms with Crippen LogP contribution in [0.3, 0.4) is 0 Å². The van der Waals surface area contributed by atoms with Gasteiger partial charge in [0.2, 0.25) is 0 Å². The average Bonchev–Trinajstić information content (AvgIpc) is 3.17. The van der Waals surface area contributed by atoms with Gasteiger partial charge in [0.25, 0.3) is 0 Å². The lowest BCUT2D eigenvalue weighted by Crippen LogP contribution is -2.36. The summed E-state index contributed by atoms with van der Waals surface area (Å²) in [6, 6.07) is 6.75. The number of hydrogen-bond acceptors (Lipinski definition) is 5. The number of likely N-dealkylation sites (tertiary alicyclic amines) is 1. The van der Waals surface area contributed by atoms with Crippen LogP contribution in [0.5, 0.6) is 0 Å². The Bertz CT molecular complexity index is 592. The van der Waals surface area contributed by atoms with Crippen molar-refractivity contribution in [3.05, 3.63) is 48.6 Å². The summed E-state index contributed by atoms with van der Waals surface area (Å²) in [6.07, 6.45) is 9.77. The topological polar surface area (TPSA) is 50.1 Å². The van der Waals surface area contributed by atoms with Crippen LogP contribution in [0.25, 0.3) is 6.08 Å². The molecule has 0 bridgehead atoms. The van der Waals surface area contributed by atoms with E-state index in [0.29, 0.717) is 12.1 Å². The smallest absolute Gasteiger partial charge is 0.0830 e. The number of nitrogens with zero attached hydrogens (tertiary/aromatic N) is 6. The van der Waals surface area contributed by atoms with E-state index >= 15 is 0 Å². The zero-order chi connectivity index (χ0) is 15.4. The van der Waals surface area contributed by atoms with E-state index in [1.807, 2.05) is 35.3 Å². The summed E-state index contributed by atoms with van der Waals surface area (Å²) in [4.78, 5) is 9.02. The Balaban J connectivity index is 1.63. The van der Waals surface area contributed by atoms with Crippen molar-refractivity contribution in [1.29, 1.82) is 0 Å². The molecule has 6 heteroatoms. The highest BCUT2D eigenvalue weighted by molar-refractivity contribution is 5.43. The van der Waals surface area contributed by atoms with E-state index in [4.69, 9.17) is 0 Å². The molecule has 0 radical (unpaired) electrons. The van der Waals surface area contributed by atoms with Crippen molar-refractivity contribution < 1.29 is 0 Å². The molecule has 1 aliphatic heterocycles. The normalized spacial score (nSPS) is 22.9. The third-order valence-electron chi connectivity index (χ3n) is 4.12. The zero-order valence-electron chi connectivity index (χ0n) is 13.1. The highest BCUT2D eigenvalue weighted by Gasteiger charge is 2.35. The van der Waals surface area contributed by atoms with Gasteiger partial charge in [0.05, 0.1) is 17.9 Å². The van der Waals surface area contributed by atoms with Gasteiger partial charge in [0.1, 0.15) is 0 Å². The maximum Gasteiger partial charge on any atom is 0.0830 e. The van der Waals surface area contributed by atoms with E-state index < -0.39 is 0 Å². The van der Waals surface area contributed by atoms with E-state index in [1.54, 1.807) is 6.20 Å². The van der Waals surface area contributed by atoms with E-state index in [1.165, 1.54) is 0 Å². The minimum Gasteiger partial charge on any atom is -0.303 e. The molecule has 0 aromatic carbocycles. The molecule has 3 heterocycles. The molecule has 3 rings (SSSR count). The number of likely N-dealkylation sites (N-methyl/N-ethyl adjacent to an activating group) is 1. The molecule has 0 N–H and O–H groups in total. The third-order valence-corrected chi connectivity index (χ3v) is 4.12. The summed E-state index contributed by atoms with van der Waals surface area (Å²) in [6.45, 7) is 2.94. The summed E-state index contributed by atoms with van der Waals surface area (Å²) in [7, 11) is 4.25. The predicted molar refractivity (Wildman–Crippen MR) is 86.2 cm³/mol. The Labute approximate surface area is 131 Å². The van der Waals surface area contributed by atoms with Crippen LogP contribution in [0, 0.1) is 0 Å². The van der Waals surface area contributed by atoms with Crippen LogP contribution in [0.2, 0.25) is 0 Å². The minimum absolute atomic E-state index is 0.348. The van der Waals surface area contributed by atoms with Crippen LogP contribution in [0.15, 0.2) is 42.9 Å². The largest absolute Gasteiger partial charge is 0.303 e. The van der Waals surface area contributed by atoms with Gasteiger partial charge in [-0.25, -0.2) is 4.68 Å². The molecule has 2 aromatic rings. The van der Waals surface area contributed by atoms with Crippen LogP contribution >= 0.6 is 0 Å². The molecule has 1 saturated heterocycles. The van der Waals surface area contributed by atoms with Crippen molar-refractivity contribution in [3.8, 4) is 0 Å². The Morgan fingerprint density at radius 2 is 2.18 bits per heavy atom. The van der Waals surface area contributed by atoms with Crippen molar-refractivity contribution in [3.63, 3.8) is 0 Å². The molecule has 116 valence electrons. The second-order valence-corrected chi connectivity index (χ2v) is 5.86. The van der Waals surface area contributed by atoms with Gasteiger partial charge in [-0.3, -0.25) is 9.88 Å². The molecule has 22 heavy (non-hydrogen) atoms. The molecule has 0 saturated carbocycles. The van der Waals surface area contributed by atoms with Crippen LogP contribution < -0.4 is 0 Å². The van der Waals surface area contributed by atoms with Gasteiger partial charge < -0.3 is 4.90 Å².